The van der Waals surface area contributed by atoms with Gasteiger partial charge in [-0.2, -0.15) is 0 Å². The van der Waals surface area contributed by atoms with Crippen molar-refractivity contribution >= 4 is 23.2 Å². The van der Waals surface area contributed by atoms with Crippen LogP contribution in [-0.4, -0.2) is 9.97 Å². The van der Waals surface area contributed by atoms with E-state index in [-0.39, 0.29) is 10.3 Å². The molecule has 1 rings (SSSR count). The van der Waals surface area contributed by atoms with Gasteiger partial charge < -0.3 is 0 Å². The molecule has 0 saturated heterocycles. The van der Waals surface area contributed by atoms with Crippen LogP contribution in [0.2, 0.25) is 10.3 Å². The van der Waals surface area contributed by atoms with Crippen LogP contribution in [0.3, 0.4) is 0 Å². The van der Waals surface area contributed by atoms with Crippen molar-refractivity contribution in [1.29, 1.82) is 0 Å². The second-order valence-electron chi connectivity index (χ2n) is 1.67. The van der Waals surface area contributed by atoms with Crippen LogP contribution in [0.4, 0.5) is 8.78 Å². The van der Waals surface area contributed by atoms with Crippen molar-refractivity contribution in [1.82, 2.24) is 9.97 Å². The van der Waals surface area contributed by atoms with Gasteiger partial charge in [0, 0.05) is 0 Å². The minimum atomic E-state index is -2.74. The molecule has 0 spiro atoms. The second-order valence-corrected chi connectivity index (χ2v) is 2.39. The first-order valence-electron chi connectivity index (χ1n) is 2.57. The lowest BCUT2D eigenvalue weighted by Gasteiger charge is -2.01. The van der Waals surface area contributed by atoms with Crippen LogP contribution < -0.4 is 0 Å². The quantitative estimate of drug-likeness (QED) is 0.649. The molecule has 11 heavy (non-hydrogen) atoms. The van der Waals surface area contributed by atoms with Gasteiger partial charge in [-0.1, -0.05) is 23.2 Å². The van der Waals surface area contributed by atoms with Gasteiger partial charge in [-0.3, -0.25) is 0 Å². The summed E-state index contributed by atoms with van der Waals surface area (Å²) in [6, 6.07) is 0. The summed E-state index contributed by atoms with van der Waals surface area (Å²) in [4.78, 5) is 6.70. The van der Waals surface area contributed by atoms with Crippen LogP contribution in [0, 0.1) is 0 Å². The first-order valence-corrected chi connectivity index (χ1v) is 3.32. The zero-order valence-electron chi connectivity index (χ0n) is 5.06. The number of hydrogen-bond donors (Lipinski definition) is 0. The van der Waals surface area contributed by atoms with E-state index in [0.717, 1.165) is 6.33 Å². The third kappa shape index (κ3) is 1.75. The molecule has 0 amide bonds. The molecule has 2 nitrogen and oxygen atoms in total. The Morgan fingerprint density at radius 3 is 1.91 bits per heavy atom. The average molecular weight is 199 g/mol. The molecule has 6 heteroatoms. The third-order valence-electron chi connectivity index (χ3n) is 1.00. The molecule has 0 saturated carbocycles. The Labute approximate surface area is 71.2 Å². The molecular formula is C5H2Cl2F2N2. The molecule has 0 unspecified atom stereocenters. The highest BCUT2D eigenvalue weighted by atomic mass is 35.5. The van der Waals surface area contributed by atoms with E-state index in [1.54, 1.807) is 0 Å². The minimum Gasteiger partial charge on any atom is -0.224 e. The summed E-state index contributed by atoms with van der Waals surface area (Å²) in [7, 11) is 0. The van der Waals surface area contributed by atoms with Crippen LogP contribution in [0.1, 0.15) is 12.0 Å². The molecule has 0 aliphatic rings. The van der Waals surface area contributed by atoms with Gasteiger partial charge in [0.25, 0.3) is 6.43 Å². The molecule has 60 valence electrons. The van der Waals surface area contributed by atoms with Gasteiger partial charge in [0.1, 0.15) is 16.6 Å². The van der Waals surface area contributed by atoms with Crippen LogP contribution in [0.15, 0.2) is 6.33 Å². The van der Waals surface area contributed by atoms with Gasteiger partial charge >= 0.3 is 0 Å². The summed E-state index contributed by atoms with van der Waals surface area (Å²) in [5.41, 5.74) is -0.518. The molecule has 0 bridgehead atoms. The highest BCUT2D eigenvalue weighted by Crippen LogP contribution is 2.29. The van der Waals surface area contributed by atoms with E-state index in [4.69, 9.17) is 23.2 Å². The van der Waals surface area contributed by atoms with Gasteiger partial charge in [0.05, 0.1) is 5.56 Å². The van der Waals surface area contributed by atoms with E-state index in [1.165, 1.54) is 0 Å². The Balaban J connectivity index is 3.21. The minimum absolute atomic E-state index is 0.306. The Kier molecular flexibility index (Phi) is 2.57. The normalized spacial score (nSPS) is 10.6. The zero-order valence-corrected chi connectivity index (χ0v) is 6.57. The Bertz CT molecular complexity index is 246. The lowest BCUT2D eigenvalue weighted by atomic mass is 10.4. The van der Waals surface area contributed by atoms with E-state index in [9.17, 15) is 8.78 Å². The summed E-state index contributed by atoms with van der Waals surface area (Å²) in [6.07, 6.45) is -1.72. The fourth-order valence-electron chi connectivity index (χ4n) is 0.535. The number of rotatable bonds is 1. The SMILES string of the molecule is FC(F)c1c(Cl)ncnc1Cl. The lowest BCUT2D eigenvalue weighted by Crippen LogP contribution is -1.92. The predicted octanol–water partition coefficient (Wildman–Crippen LogP) is 2.72. The Morgan fingerprint density at radius 1 is 1.18 bits per heavy atom. The van der Waals surface area contributed by atoms with Gasteiger partial charge in [-0.05, 0) is 0 Å². The maximum Gasteiger partial charge on any atom is 0.269 e. The molecule has 0 aliphatic heterocycles. The maximum atomic E-state index is 12.0. The molecule has 0 radical (unpaired) electrons. The first-order chi connectivity index (χ1) is 5.13. The molecule has 1 heterocycles. The van der Waals surface area contributed by atoms with Crippen molar-refractivity contribution in [3.63, 3.8) is 0 Å². The average Bonchev–Trinajstić information content (AvgIpc) is 1.85. The van der Waals surface area contributed by atoms with Crippen molar-refractivity contribution < 1.29 is 8.78 Å². The van der Waals surface area contributed by atoms with Crippen molar-refractivity contribution in [2.75, 3.05) is 0 Å². The zero-order chi connectivity index (χ0) is 8.43. The molecule has 1 aromatic heterocycles. The molecule has 0 aromatic carbocycles. The Morgan fingerprint density at radius 2 is 1.64 bits per heavy atom. The van der Waals surface area contributed by atoms with Crippen LogP contribution in [0.5, 0.6) is 0 Å². The van der Waals surface area contributed by atoms with E-state index < -0.39 is 12.0 Å². The largest absolute Gasteiger partial charge is 0.269 e. The fraction of sp³-hybridized carbons (Fsp3) is 0.200. The number of aromatic nitrogens is 2. The van der Waals surface area contributed by atoms with Crippen LogP contribution in [0.25, 0.3) is 0 Å². The van der Waals surface area contributed by atoms with Crippen molar-refractivity contribution in [2.45, 2.75) is 6.43 Å². The van der Waals surface area contributed by atoms with Crippen LogP contribution in [-0.2, 0) is 0 Å². The molecule has 0 fully saturated rings. The third-order valence-corrected chi connectivity index (χ3v) is 1.61. The van der Waals surface area contributed by atoms with Crippen molar-refractivity contribution in [3.8, 4) is 0 Å². The van der Waals surface area contributed by atoms with E-state index in [1.807, 2.05) is 0 Å². The predicted molar refractivity (Wildman–Crippen MR) is 37.0 cm³/mol. The van der Waals surface area contributed by atoms with E-state index in [2.05, 4.69) is 9.97 Å². The molecule has 0 aliphatic carbocycles. The molecular weight excluding hydrogens is 197 g/mol. The number of alkyl halides is 2. The summed E-state index contributed by atoms with van der Waals surface area (Å²) in [5, 5.41) is -0.611. The Hall–Kier alpha value is -0.480. The summed E-state index contributed by atoms with van der Waals surface area (Å²) in [5.74, 6) is 0. The second kappa shape index (κ2) is 3.28. The van der Waals surface area contributed by atoms with E-state index in [0.29, 0.717) is 0 Å². The number of hydrogen-bond acceptors (Lipinski definition) is 2. The van der Waals surface area contributed by atoms with Gasteiger partial charge in [0.2, 0.25) is 0 Å². The maximum absolute atomic E-state index is 12.0. The lowest BCUT2D eigenvalue weighted by molar-refractivity contribution is 0.150. The fourth-order valence-corrected chi connectivity index (χ4v) is 1.01. The number of nitrogens with zero attached hydrogens (tertiary/aromatic N) is 2. The van der Waals surface area contributed by atoms with Gasteiger partial charge in [-0.25, -0.2) is 18.7 Å². The highest BCUT2D eigenvalue weighted by molar-refractivity contribution is 6.34. The number of halogens is 4. The molecule has 1 aromatic rings. The summed E-state index contributed by atoms with van der Waals surface area (Å²) in [6.45, 7) is 0. The monoisotopic (exact) mass is 198 g/mol. The smallest absolute Gasteiger partial charge is 0.224 e. The molecule has 0 atom stereocenters. The van der Waals surface area contributed by atoms with Gasteiger partial charge in [-0.15, -0.1) is 0 Å². The highest BCUT2D eigenvalue weighted by Gasteiger charge is 2.17. The summed E-state index contributed by atoms with van der Waals surface area (Å²) < 4.78 is 24.1. The first kappa shape index (κ1) is 8.62. The topological polar surface area (TPSA) is 25.8 Å². The summed E-state index contributed by atoms with van der Waals surface area (Å²) >= 11 is 10.6. The molecule has 0 N–H and O–H groups in total. The van der Waals surface area contributed by atoms with Crippen LogP contribution >= 0.6 is 23.2 Å². The van der Waals surface area contributed by atoms with Crippen molar-refractivity contribution in [3.05, 3.63) is 22.2 Å². The van der Waals surface area contributed by atoms with Gasteiger partial charge in [0.15, 0.2) is 0 Å². The standard InChI is InChI=1S/C5H2Cl2F2N2/c6-3-2(5(8)9)4(7)11-1-10-3/h1,5H. The van der Waals surface area contributed by atoms with Crippen molar-refractivity contribution in [2.24, 2.45) is 0 Å². The van der Waals surface area contributed by atoms with E-state index >= 15 is 0 Å².